The van der Waals surface area contributed by atoms with Crippen LogP contribution < -0.4 is 0 Å². The molecule has 1 aromatic carbocycles. The van der Waals surface area contributed by atoms with E-state index in [1.807, 2.05) is 0 Å². The van der Waals surface area contributed by atoms with Crippen molar-refractivity contribution < 1.29 is 13.2 Å². The van der Waals surface area contributed by atoms with Gasteiger partial charge in [-0.3, -0.25) is 0 Å². The summed E-state index contributed by atoms with van der Waals surface area (Å²) in [5.74, 6) is 5.51. The standard InChI is InChI=1S/C14H8ClF3N2/c1-9-12(13(15)20-8-19-9)7-4-10-2-5-11(6-3-10)14(16,17)18/h2-3,5-6,8H,1H3. The fraction of sp³-hybridized carbons (Fsp3) is 0.143. The van der Waals surface area contributed by atoms with E-state index in [9.17, 15) is 13.2 Å². The zero-order chi connectivity index (χ0) is 14.8. The Labute approximate surface area is 118 Å². The number of alkyl halides is 3. The van der Waals surface area contributed by atoms with Crippen molar-refractivity contribution in [3.05, 3.63) is 58.1 Å². The molecule has 1 heterocycles. The van der Waals surface area contributed by atoms with Gasteiger partial charge in [-0.25, -0.2) is 9.97 Å². The van der Waals surface area contributed by atoms with Crippen molar-refractivity contribution in [2.24, 2.45) is 0 Å². The van der Waals surface area contributed by atoms with Gasteiger partial charge in [0.15, 0.2) is 0 Å². The maximum absolute atomic E-state index is 12.4. The maximum Gasteiger partial charge on any atom is 0.416 e. The summed E-state index contributed by atoms with van der Waals surface area (Å²) in [7, 11) is 0. The number of nitrogens with zero attached hydrogens (tertiary/aromatic N) is 2. The molecular formula is C14H8ClF3N2. The van der Waals surface area contributed by atoms with Gasteiger partial charge in [0.2, 0.25) is 0 Å². The van der Waals surface area contributed by atoms with Crippen LogP contribution in [0.15, 0.2) is 30.6 Å². The first-order valence-corrected chi connectivity index (χ1v) is 5.92. The smallest absolute Gasteiger partial charge is 0.240 e. The molecule has 6 heteroatoms. The van der Waals surface area contributed by atoms with E-state index in [4.69, 9.17) is 11.6 Å². The third-order valence-electron chi connectivity index (χ3n) is 2.53. The molecule has 0 aliphatic carbocycles. The summed E-state index contributed by atoms with van der Waals surface area (Å²) in [5.41, 5.74) is 0.830. The summed E-state index contributed by atoms with van der Waals surface area (Å²) in [6.45, 7) is 1.73. The van der Waals surface area contributed by atoms with Gasteiger partial charge < -0.3 is 0 Å². The van der Waals surface area contributed by atoms with E-state index in [1.165, 1.54) is 18.5 Å². The highest BCUT2D eigenvalue weighted by Crippen LogP contribution is 2.28. The van der Waals surface area contributed by atoms with E-state index in [0.717, 1.165) is 12.1 Å². The fourth-order valence-electron chi connectivity index (χ4n) is 1.46. The van der Waals surface area contributed by atoms with Crippen LogP contribution in [0.2, 0.25) is 5.15 Å². The van der Waals surface area contributed by atoms with Gasteiger partial charge in [-0.2, -0.15) is 13.2 Å². The average Bonchev–Trinajstić information content (AvgIpc) is 2.37. The molecule has 0 N–H and O–H groups in total. The van der Waals surface area contributed by atoms with Crippen LogP contribution in [-0.2, 0) is 6.18 Å². The van der Waals surface area contributed by atoms with Crippen LogP contribution in [-0.4, -0.2) is 9.97 Å². The first kappa shape index (κ1) is 14.4. The van der Waals surface area contributed by atoms with E-state index < -0.39 is 11.7 Å². The Morgan fingerprint density at radius 1 is 1.05 bits per heavy atom. The summed E-state index contributed by atoms with van der Waals surface area (Å²) in [6, 6.07) is 4.59. The lowest BCUT2D eigenvalue weighted by atomic mass is 10.1. The monoisotopic (exact) mass is 296 g/mol. The molecule has 0 spiro atoms. The Balaban J connectivity index is 2.30. The molecule has 0 aliphatic heterocycles. The van der Waals surface area contributed by atoms with Crippen molar-refractivity contribution in [1.82, 2.24) is 9.97 Å². The second-order valence-electron chi connectivity index (χ2n) is 3.95. The molecule has 0 bridgehead atoms. The first-order chi connectivity index (χ1) is 9.38. The van der Waals surface area contributed by atoms with Crippen LogP contribution in [0.1, 0.15) is 22.4 Å². The quantitative estimate of drug-likeness (QED) is 0.545. The molecule has 0 fully saturated rings. The largest absolute Gasteiger partial charge is 0.416 e. The Bertz CT molecular complexity index is 662. The number of rotatable bonds is 0. The lowest BCUT2D eigenvalue weighted by Crippen LogP contribution is -2.04. The number of aromatic nitrogens is 2. The zero-order valence-electron chi connectivity index (χ0n) is 10.3. The van der Waals surface area contributed by atoms with E-state index in [2.05, 4.69) is 21.8 Å². The van der Waals surface area contributed by atoms with Gasteiger partial charge in [0, 0.05) is 5.56 Å². The van der Waals surface area contributed by atoms with Gasteiger partial charge in [0.1, 0.15) is 11.5 Å². The molecule has 2 aromatic rings. The Hall–Kier alpha value is -2.06. The Morgan fingerprint density at radius 2 is 1.70 bits per heavy atom. The fourth-order valence-corrected chi connectivity index (χ4v) is 1.69. The second kappa shape index (κ2) is 5.51. The van der Waals surface area contributed by atoms with Gasteiger partial charge >= 0.3 is 6.18 Å². The molecule has 20 heavy (non-hydrogen) atoms. The van der Waals surface area contributed by atoms with Crippen molar-refractivity contribution in [2.45, 2.75) is 13.1 Å². The summed E-state index contributed by atoms with van der Waals surface area (Å²) < 4.78 is 37.2. The highest BCUT2D eigenvalue weighted by atomic mass is 35.5. The third-order valence-corrected chi connectivity index (χ3v) is 2.82. The number of benzene rings is 1. The molecule has 0 atom stereocenters. The number of hydrogen-bond donors (Lipinski definition) is 0. The molecule has 0 saturated heterocycles. The zero-order valence-corrected chi connectivity index (χ0v) is 11.0. The van der Waals surface area contributed by atoms with Gasteiger partial charge in [-0.15, -0.1) is 0 Å². The summed E-state index contributed by atoms with van der Waals surface area (Å²) in [6.07, 6.45) is -3.03. The molecule has 0 saturated carbocycles. The molecule has 102 valence electrons. The highest BCUT2D eigenvalue weighted by molar-refractivity contribution is 6.30. The van der Waals surface area contributed by atoms with Crippen LogP contribution in [0.3, 0.4) is 0 Å². The summed E-state index contributed by atoms with van der Waals surface area (Å²) in [5, 5.41) is 0.219. The molecule has 1 aromatic heterocycles. The molecule has 2 rings (SSSR count). The van der Waals surface area contributed by atoms with Crippen LogP contribution in [0.5, 0.6) is 0 Å². The predicted molar refractivity (Wildman–Crippen MR) is 69.2 cm³/mol. The van der Waals surface area contributed by atoms with Crippen molar-refractivity contribution in [2.75, 3.05) is 0 Å². The van der Waals surface area contributed by atoms with E-state index in [-0.39, 0.29) is 5.15 Å². The van der Waals surface area contributed by atoms with Crippen molar-refractivity contribution >= 4 is 11.6 Å². The van der Waals surface area contributed by atoms with Crippen molar-refractivity contribution in [3.8, 4) is 11.8 Å². The molecule has 2 nitrogen and oxygen atoms in total. The van der Waals surface area contributed by atoms with Crippen molar-refractivity contribution in [1.29, 1.82) is 0 Å². The molecule has 0 amide bonds. The number of hydrogen-bond acceptors (Lipinski definition) is 2. The van der Waals surface area contributed by atoms with Gasteiger partial charge in [0.25, 0.3) is 0 Å². The van der Waals surface area contributed by atoms with Crippen LogP contribution >= 0.6 is 11.6 Å². The first-order valence-electron chi connectivity index (χ1n) is 5.54. The lowest BCUT2D eigenvalue weighted by Gasteiger charge is -2.05. The van der Waals surface area contributed by atoms with Gasteiger partial charge in [-0.1, -0.05) is 23.4 Å². The Morgan fingerprint density at radius 3 is 2.25 bits per heavy atom. The SMILES string of the molecule is Cc1ncnc(Cl)c1C#Cc1ccc(C(F)(F)F)cc1. The highest BCUT2D eigenvalue weighted by Gasteiger charge is 2.29. The normalized spacial score (nSPS) is 10.8. The van der Waals surface area contributed by atoms with Crippen molar-refractivity contribution in [3.63, 3.8) is 0 Å². The predicted octanol–water partition coefficient (Wildman–Crippen LogP) is 3.86. The van der Waals surface area contributed by atoms with Gasteiger partial charge in [0.05, 0.1) is 16.8 Å². The minimum Gasteiger partial charge on any atom is -0.240 e. The summed E-state index contributed by atoms with van der Waals surface area (Å²) in [4.78, 5) is 7.75. The third kappa shape index (κ3) is 3.28. The Kier molecular flexibility index (Phi) is 3.96. The maximum atomic E-state index is 12.4. The second-order valence-corrected chi connectivity index (χ2v) is 4.31. The molecule has 0 radical (unpaired) electrons. The van der Waals surface area contributed by atoms with Crippen LogP contribution in [0, 0.1) is 18.8 Å². The molecule has 0 aliphatic rings. The molecule has 0 unspecified atom stereocenters. The van der Waals surface area contributed by atoms with Crippen LogP contribution in [0.25, 0.3) is 0 Å². The minimum atomic E-state index is -4.35. The topological polar surface area (TPSA) is 25.8 Å². The lowest BCUT2D eigenvalue weighted by molar-refractivity contribution is -0.137. The van der Waals surface area contributed by atoms with E-state index in [1.54, 1.807) is 6.92 Å². The molecular weight excluding hydrogens is 289 g/mol. The number of aryl methyl sites for hydroxylation is 1. The van der Waals surface area contributed by atoms with Gasteiger partial charge in [-0.05, 0) is 31.2 Å². The summed E-state index contributed by atoms with van der Waals surface area (Å²) >= 11 is 5.88. The average molecular weight is 297 g/mol. The number of halogens is 4. The minimum absolute atomic E-state index is 0.219. The van der Waals surface area contributed by atoms with E-state index in [0.29, 0.717) is 16.8 Å². The van der Waals surface area contributed by atoms with E-state index >= 15 is 0 Å². The van der Waals surface area contributed by atoms with Crippen LogP contribution in [0.4, 0.5) is 13.2 Å².